The highest BCUT2D eigenvalue weighted by Crippen LogP contribution is 2.34. The minimum Gasteiger partial charge on any atom is -0.378 e. The maximum absolute atomic E-state index is 5.54. The summed E-state index contributed by atoms with van der Waals surface area (Å²) >= 11 is 0. The molecule has 1 aromatic heterocycles. The summed E-state index contributed by atoms with van der Waals surface area (Å²) in [6, 6.07) is 0. The number of fused-ring (bicyclic) bond motifs is 1. The number of imidazole rings is 1. The largest absolute Gasteiger partial charge is 0.378 e. The van der Waals surface area contributed by atoms with Crippen molar-refractivity contribution in [3.63, 3.8) is 0 Å². The summed E-state index contributed by atoms with van der Waals surface area (Å²) < 4.78 is 8.03. The lowest BCUT2D eigenvalue weighted by Gasteiger charge is -2.34. The predicted molar refractivity (Wildman–Crippen MR) is 82.2 cm³/mol. The molecule has 1 saturated heterocycles. The molecule has 5 nitrogen and oxygen atoms in total. The Morgan fingerprint density at radius 2 is 1.90 bits per heavy atom. The molecule has 1 aromatic rings. The van der Waals surface area contributed by atoms with Gasteiger partial charge in [0.2, 0.25) is 0 Å². The third-order valence-electron chi connectivity index (χ3n) is 5.13. The first-order valence-electron chi connectivity index (χ1n) is 8.57. The molecule has 3 aliphatic rings. The molecular weight excluding hydrogens is 264 g/mol. The fourth-order valence-electron chi connectivity index (χ4n) is 4.01. The third-order valence-corrected chi connectivity index (χ3v) is 5.13. The van der Waals surface area contributed by atoms with Gasteiger partial charge in [-0.05, 0) is 12.8 Å². The molecule has 1 aliphatic carbocycles. The van der Waals surface area contributed by atoms with Crippen LogP contribution in [0.2, 0.25) is 0 Å². The van der Waals surface area contributed by atoms with Crippen molar-refractivity contribution in [2.24, 2.45) is 0 Å². The van der Waals surface area contributed by atoms with Gasteiger partial charge in [-0.2, -0.15) is 0 Å². The molecule has 0 spiro atoms. The Morgan fingerprint density at radius 3 is 2.71 bits per heavy atom. The molecule has 0 atom stereocenters. The number of rotatable bonds is 2. The number of morpholine rings is 1. The molecule has 116 valence electrons. The first kappa shape index (κ1) is 13.6. The summed E-state index contributed by atoms with van der Waals surface area (Å²) in [6.07, 6.45) is 7.86. The second-order valence-electron chi connectivity index (χ2n) is 6.50. The maximum atomic E-state index is 5.54. The number of nitrogens with zero attached hydrogens (tertiary/aromatic N) is 3. The van der Waals surface area contributed by atoms with E-state index in [0.29, 0.717) is 5.92 Å². The molecular formula is C16H26N4O. The zero-order valence-electron chi connectivity index (χ0n) is 12.8. The van der Waals surface area contributed by atoms with E-state index < -0.39 is 0 Å². The number of ether oxygens (including phenoxy) is 1. The molecule has 0 bridgehead atoms. The number of aromatic nitrogens is 2. The minimum atomic E-state index is 0.659. The smallest absolute Gasteiger partial charge is 0.131 e. The molecule has 2 aliphatic heterocycles. The van der Waals surface area contributed by atoms with Crippen LogP contribution in [0.5, 0.6) is 0 Å². The highest BCUT2D eigenvalue weighted by atomic mass is 16.5. The number of hydrogen-bond acceptors (Lipinski definition) is 4. The highest BCUT2D eigenvalue weighted by molar-refractivity contribution is 5.25. The summed E-state index contributed by atoms with van der Waals surface area (Å²) in [7, 11) is 0. The van der Waals surface area contributed by atoms with Gasteiger partial charge in [-0.3, -0.25) is 0 Å². The van der Waals surface area contributed by atoms with E-state index in [1.807, 2.05) is 0 Å². The average Bonchev–Trinajstić information content (AvgIpc) is 2.96. The highest BCUT2D eigenvalue weighted by Gasteiger charge is 2.29. The van der Waals surface area contributed by atoms with Gasteiger partial charge < -0.3 is 15.1 Å². The second kappa shape index (κ2) is 5.97. The van der Waals surface area contributed by atoms with Crippen LogP contribution in [0, 0.1) is 0 Å². The van der Waals surface area contributed by atoms with Gasteiger partial charge in [-0.15, -0.1) is 0 Å². The van der Waals surface area contributed by atoms with E-state index >= 15 is 0 Å². The lowest BCUT2D eigenvalue weighted by atomic mass is 9.89. The first-order chi connectivity index (χ1) is 10.4. The van der Waals surface area contributed by atoms with Gasteiger partial charge in [0.25, 0.3) is 0 Å². The van der Waals surface area contributed by atoms with Crippen LogP contribution < -0.4 is 10.3 Å². The summed E-state index contributed by atoms with van der Waals surface area (Å²) in [6.45, 7) is 5.69. The first-order valence-corrected chi connectivity index (χ1v) is 8.57. The van der Waals surface area contributed by atoms with Crippen molar-refractivity contribution in [3.8, 4) is 0 Å². The van der Waals surface area contributed by atoms with E-state index in [9.17, 15) is 0 Å². The minimum absolute atomic E-state index is 0.659. The molecule has 5 heteroatoms. The van der Waals surface area contributed by atoms with Crippen LogP contribution in [0.3, 0.4) is 0 Å². The molecule has 21 heavy (non-hydrogen) atoms. The second-order valence-corrected chi connectivity index (χ2v) is 6.50. The Kier molecular flexibility index (Phi) is 3.86. The predicted octanol–water partition coefficient (Wildman–Crippen LogP) is 1.54. The lowest BCUT2D eigenvalue weighted by molar-refractivity contribution is 0.110. The average molecular weight is 290 g/mol. The van der Waals surface area contributed by atoms with Gasteiger partial charge in [0.05, 0.1) is 37.7 Å². The van der Waals surface area contributed by atoms with Crippen molar-refractivity contribution >= 4 is 0 Å². The van der Waals surface area contributed by atoms with E-state index in [1.54, 1.807) is 0 Å². The van der Waals surface area contributed by atoms with Crippen molar-refractivity contribution in [3.05, 3.63) is 17.2 Å². The molecule has 0 radical (unpaired) electrons. The molecule has 2 fully saturated rings. The van der Waals surface area contributed by atoms with Crippen LogP contribution in [0.25, 0.3) is 0 Å². The monoisotopic (exact) mass is 290 g/mol. The van der Waals surface area contributed by atoms with Crippen LogP contribution in [-0.4, -0.2) is 42.5 Å². The molecule has 0 unspecified atom stereocenters. The molecule has 3 heterocycles. The summed E-state index contributed by atoms with van der Waals surface area (Å²) in [5, 5.41) is 5.95. The quantitative estimate of drug-likeness (QED) is 0.897. The van der Waals surface area contributed by atoms with Gasteiger partial charge in [-0.25, -0.2) is 9.66 Å². The SMILES string of the molecule is C1CCC(c2nc3c(n2N2CCOCC2)CCNC3)CC1. The number of hydrogen-bond donors (Lipinski definition) is 1. The molecule has 1 N–H and O–H groups in total. The molecule has 0 aromatic carbocycles. The maximum Gasteiger partial charge on any atom is 0.131 e. The van der Waals surface area contributed by atoms with E-state index in [1.165, 1.54) is 49.3 Å². The van der Waals surface area contributed by atoms with Crippen molar-refractivity contribution in [2.75, 3.05) is 37.9 Å². The molecule has 1 saturated carbocycles. The standard InChI is InChI=1S/C16H26N4O/c1-2-4-13(5-3-1)16-18-14-12-17-7-6-15(14)20(16)19-8-10-21-11-9-19/h13,17H,1-12H2. The summed E-state index contributed by atoms with van der Waals surface area (Å²) in [5.41, 5.74) is 2.74. The zero-order valence-corrected chi connectivity index (χ0v) is 12.8. The molecule has 4 rings (SSSR count). The van der Waals surface area contributed by atoms with E-state index in [-0.39, 0.29) is 0 Å². The van der Waals surface area contributed by atoms with Crippen LogP contribution >= 0.6 is 0 Å². The van der Waals surface area contributed by atoms with Crippen molar-refractivity contribution in [2.45, 2.75) is 51.0 Å². The van der Waals surface area contributed by atoms with Crippen LogP contribution in [0.1, 0.15) is 55.2 Å². The van der Waals surface area contributed by atoms with Gasteiger partial charge in [0.1, 0.15) is 5.82 Å². The Bertz CT molecular complexity index is 487. The van der Waals surface area contributed by atoms with Gasteiger partial charge >= 0.3 is 0 Å². The fourth-order valence-corrected chi connectivity index (χ4v) is 4.01. The van der Waals surface area contributed by atoms with Crippen LogP contribution in [-0.2, 0) is 17.7 Å². The summed E-state index contributed by atoms with van der Waals surface area (Å²) in [4.78, 5) is 5.07. The Hall–Kier alpha value is -1.07. The van der Waals surface area contributed by atoms with E-state index in [2.05, 4.69) is 15.0 Å². The van der Waals surface area contributed by atoms with Crippen LogP contribution in [0.4, 0.5) is 0 Å². The van der Waals surface area contributed by atoms with Crippen molar-refractivity contribution < 1.29 is 4.74 Å². The van der Waals surface area contributed by atoms with Crippen molar-refractivity contribution in [1.29, 1.82) is 0 Å². The van der Waals surface area contributed by atoms with E-state index in [0.717, 1.165) is 45.8 Å². The van der Waals surface area contributed by atoms with Gasteiger partial charge in [0.15, 0.2) is 0 Å². The normalized spacial score (nSPS) is 24.1. The summed E-state index contributed by atoms with van der Waals surface area (Å²) in [5.74, 6) is 2.00. The fraction of sp³-hybridized carbons (Fsp3) is 0.812. The Labute approximate surface area is 126 Å². The lowest BCUT2D eigenvalue weighted by Crippen LogP contribution is -2.46. The molecule has 0 amide bonds. The van der Waals surface area contributed by atoms with Crippen LogP contribution in [0.15, 0.2) is 0 Å². The van der Waals surface area contributed by atoms with Gasteiger partial charge in [0, 0.05) is 25.4 Å². The Morgan fingerprint density at radius 1 is 1.10 bits per heavy atom. The Balaban J connectivity index is 1.71. The van der Waals surface area contributed by atoms with Crippen molar-refractivity contribution in [1.82, 2.24) is 15.0 Å². The number of nitrogens with one attached hydrogen (secondary N) is 1. The topological polar surface area (TPSA) is 42.3 Å². The third kappa shape index (κ3) is 2.57. The zero-order chi connectivity index (χ0) is 14.1. The van der Waals surface area contributed by atoms with Gasteiger partial charge in [-0.1, -0.05) is 19.3 Å². The van der Waals surface area contributed by atoms with E-state index in [4.69, 9.17) is 9.72 Å².